The normalized spacial score (nSPS) is 15.0. The number of rotatable bonds is 11. The lowest BCUT2D eigenvalue weighted by atomic mass is 9.99. The molecule has 2 aromatic heterocycles. The molecule has 214 valence electrons. The molecule has 0 bridgehead atoms. The van der Waals surface area contributed by atoms with Gasteiger partial charge >= 0.3 is 0 Å². The maximum Gasteiger partial charge on any atom is 0.220 e. The highest BCUT2D eigenvalue weighted by atomic mass is 32.2. The lowest BCUT2D eigenvalue weighted by Crippen LogP contribution is -2.31. The summed E-state index contributed by atoms with van der Waals surface area (Å²) < 4.78 is 20.0. The van der Waals surface area contributed by atoms with Crippen molar-refractivity contribution in [2.24, 2.45) is 5.92 Å². The summed E-state index contributed by atoms with van der Waals surface area (Å²) in [6.45, 7) is 13.2. The fourth-order valence-electron chi connectivity index (χ4n) is 4.50. The maximum atomic E-state index is 10.0. The van der Waals surface area contributed by atoms with E-state index >= 15 is 0 Å². The van der Waals surface area contributed by atoms with E-state index in [1.807, 2.05) is 58.9 Å². The molecule has 10 heteroatoms. The van der Waals surface area contributed by atoms with Crippen molar-refractivity contribution in [2.45, 2.75) is 53.6 Å². The summed E-state index contributed by atoms with van der Waals surface area (Å²) in [6.07, 6.45) is 3.74. The molecular formula is C29H43N5O4S. The Labute approximate surface area is 236 Å². The van der Waals surface area contributed by atoms with Crippen LogP contribution < -0.4 is 14.8 Å². The summed E-state index contributed by atoms with van der Waals surface area (Å²) in [5.74, 6) is 2.94. The predicted molar refractivity (Wildman–Crippen MR) is 157 cm³/mol. The van der Waals surface area contributed by atoms with Crippen molar-refractivity contribution in [2.75, 3.05) is 46.2 Å². The van der Waals surface area contributed by atoms with Gasteiger partial charge in [0.15, 0.2) is 5.82 Å². The van der Waals surface area contributed by atoms with E-state index in [2.05, 4.69) is 21.0 Å². The highest BCUT2D eigenvalue weighted by Gasteiger charge is 2.23. The first kappa shape index (κ1) is 30.9. The summed E-state index contributed by atoms with van der Waals surface area (Å²) >= 11 is 1.81. The number of hydrogen-bond acceptors (Lipinski definition) is 10. The van der Waals surface area contributed by atoms with Gasteiger partial charge in [0.05, 0.1) is 23.6 Å². The standard InChI is InChI=1S/C27H37N5O4S.C2H6/c1-17-25(24-18(2)31-36-19(24)3)29-26(21-7-6-8-23(13-21)34-16-22(33)14-28-4)30-27(17)35-15-20-9-11-32(37-5)12-10-20;1-2/h6-8,13,20,22,28,33H,9-12,14-16H2,1-5H3;1-2H3. The van der Waals surface area contributed by atoms with Gasteiger partial charge in [0.1, 0.15) is 24.2 Å². The van der Waals surface area contributed by atoms with Crippen molar-refractivity contribution < 1.29 is 19.1 Å². The third-order valence-electron chi connectivity index (χ3n) is 6.63. The predicted octanol–water partition coefficient (Wildman–Crippen LogP) is 5.08. The third kappa shape index (κ3) is 8.17. The quantitative estimate of drug-likeness (QED) is 0.310. The van der Waals surface area contributed by atoms with Gasteiger partial charge in [-0.3, -0.25) is 4.31 Å². The second kappa shape index (κ2) is 15.2. The van der Waals surface area contributed by atoms with Crippen LogP contribution in [0.3, 0.4) is 0 Å². The molecule has 0 saturated carbocycles. The molecule has 3 aromatic rings. The number of aryl methyl sites for hydroxylation is 2. The van der Waals surface area contributed by atoms with Crippen LogP contribution in [-0.4, -0.2) is 76.8 Å². The monoisotopic (exact) mass is 557 g/mol. The maximum absolute atomic E-state index is 10.0. The molecule has 0 spiro atoms. The SMILES string of the molecule is CC.CNCC(O)COc1cccc(-c2nc(OCC3CCN(SC)CC3)c(C)c(-c3c(C)noc3C)n2)c1. The Morgan fingerprint density at radius 1 is 1.15 bits per heavy atom. The molecule has 39 heavy (non-hydrogen) atoms. The Bertz CT molecular complexity index is 1160. The number of hydrogen-bond donors (Lipinski definition) is 2. The molecule has 1 atom stereocenters. The number of aromatic nitrogens is 3. The van der Waals surface area contributed by atoms with Crippen molar-refractivity contribution in [3.8, 4) is 34.3 Å². The van der Waals surface area contributed by atoms with E-state index in [1.165, 1.54) is 0 Å². The third-order valence-corrected chi connectivity index (χ3v) is 7.51. The molecule has 1 fully saturated rings. The highest BCUT2D eigenvalue weighted by molar-refractivity contribution is 7.96. The lowest BCUT2D eigenvalue weighted by Gasteiger charge is -2.29. The lowest BCUT2D eigenvalue weighted by molar-refractivity contribution is 0.108. The smallest absolute Gasteiger partial charge is 0.220 e. The molecule has 1 aliphatic rings. The number of ether oxygens (including phenoxy) is 2. The van der Waals surface area contributed by atoms with Gasteiger partial charge in [-0.2, -0.15) is 4.98 Å². The van der Waals surface area contributed by atoms with E-state index in [0.29, 0.717) is 42.3 Å². The molecule has 0 radical (unpaired) electrons. The van der Waals surface area contributed by atoms with Crippen LogP contribution in [0.25, 0.3) is 22.6 Å². The summed E-state index contributed by atoms with van der Waals surface area (Å²) in [5.41, 5.74) is 4.05. The molecule has 4 rings (SSSR count). The molecule has 3 heterocycles. The molecule has 0 amide bonds. The first-order chi connectivity index (χ1) is 18.9. The number of aliphatic hydroxyl groups excluding tert-OH is 1. The summed E-state index contributed by atoms with van der Waals surface area (Å²) in [7, 11) is 1.79. The van der Waals surface area contributed by atoms with Crippen molar-refractivity contribution in [3.05, 3.63) is 41.3 Å². The van der Waals surface area contributed by atoms with Crippen LogP contribution >= 0.6 is 11.9 Å². The van der Waals surface area contributed by atoms with Crippen LogP contribution in [0.4, 0.5) is 0 Å². The minimum atomic E-state index is -0.599. The first-order valence-corrected chi connectivity index (χ1v) is 14.9. The van der Waals surface area contributed by atoms with Crippen LogP contribution in [0, 0.1) is 26.7 Å². The van der Waals surface area contributed by atoms with Crippen LogP contribution in [-0.2, 0) is 0 Å². The number of benzene rings is 1. The molecule has 1 saturated heterocycles. The number of nitrogens with one attached hydrogen (secondary N) is 1. The number of likely N-dealkylation sites (N-methyl/N-ethyl adjacent to an activating group) is 1. The molecule has 2 N–H and O–H groups in total. The second-order valence-electron chi connectivity index (χ2n) is 9.44. The number of aliphatic hydroxyl groups is 1. The molecule has 9 nitrogen and oxygen atoms in total. The zero-order chi connectivity index (χ0) is 28.4. The van der Waals surface area contributed by atoms with E-state index in [-0.39, 0.29) is 6.61 Å². The fourth-order valence-corrected chi connectivity index (χ4v) is 5.07. The van der Waals surface area contributed by atoms with Gasteiger partial charge in [-0.25, -0.2) is 4.98 Å². The van der Waals surface area contributed by atoms with Crippen molar-refractivity contribution in [1.82, 2.24) is 24.7 Å². The van der Waals surface area contributed by atoms with E-state index in [4.69, 9.17) is 24.0 Å². The molecule has 1 aliphatic heterocycles. The number of nitrogens with zero attached hydrogens (tertiary/aromatic N) is 4. The Morgan fingerprint density at radius 3 is 2.54 bits per heavy atom. The molecule has 1 aromatic carbocycles. The van der Waals surface area contributed by atoms with Crippen LogP contribution in [0.1, 0.15) is 43.7 Å². The van der Waals surface area contributed by atoms with Gasteiger partial charge in [0.2, 0.25) is 5.88 Å². The Balaban J connectivity index is 0.00000205. The molecule has 0 aliphatic carbocycles. The average molecular weight is 558 g/mol. The van der Waals surface area contributed by atoms with E-state index in [0.717, 1.165) is 54.0 Å². The Morgan fingerprint density at radius 2 is 1.90 bits per heavy atom. The van der Waals surface area contributed by atoms with Gasteiger partial charge < -0.3 is 24.4 Å². The molecular weight excluding hydrogens is 514 g/mol. The van der Waals surface area contributed by atoms with Crippen molar-refractivity contribution >= 4 is 11.9 Å². The van der Waals surface area contributed by atoms with Gasteiger partial charge in [-0.15, -0.1) is 0 Å². The fraction of sp³-hybridized carbons (Fsp3) is 0.552. The van der Waals surface area contributed by atoms with Gasteiger partial charge in [0.25, 0.3) is 0 Å². The average Bonchev–Trinajstić information content (AvgIpc) is 3.30. The highest BCUT2D eigenvalue weighted by Crippen LogP contribution is 2.35. The molecule has 1 unspecified atom stereocenters. The van der Waals surface area contributed by atoms with Crippen LogP contribution in [0.2, 0.25) is 0 Å². The zero-order valence-electron chi connectivity index (χ0n) is 24.3. The van der Waals surface area contributed by atoms with Crippen molar-refractivity contribution in [3.63, 3.8) is 0 Å². The topological polar surface area (TPSA) is 106 Å². The van der Waals surface area contributed by atoms with Gasteiger partial charge in [0, 0.05) is 30.8 Å². The van der Waals surface area contributed by atoms with Crippen molar-refractivity contribution in [1.29, 1.82) is 0 Å². The Kier molecular flexibility index (Phi) is 12.0. The van der Waals surface area contributed by atoms with E-state index in [9.17, 15) is 5.11 Å². The largest absolute Gasteiger partial charge is 0.491 e. The van der Waals surface area contributed by atoms with Gasteiger partial charge in [-0.05, 0) is 65.0 Å². The minimum absolute atomic E-state index is 0.188. The minimum Gasteiger partial charge on any atom is -0.491 e. The van der Waals surface area contributed by atoms with Crippen LogP contribution in [0.15, 0.2) is 28.8 Å². The summed E-state index contributed by atoms with van der Waals surface area (Å²) in [5, 5.41) is 17.1. The first-order valence-electron chi connectivity index (χ1n) is 13.7. The second-order valence-corrected chi connectivity index (χ2v) is 10.3. The Hall–Kier alpha value is -2.66. The number of piperidine rings is 1. The van der Waals surface area contributed by atoms with Crippen LogP contribution in [0.5, 0.6) is 11.6 Å². The van der Waals surface area contributed by atoms with Gasteiger partial charge in [-0.1, -0.05) is 43.1 Å². The van der Waals surface area contributed by atoms with E-state index < -0.39 is 6.10 Å². The van der Waals surface area contributed by atoms with E-state index in [1.54, 1.807) is 19.0 Å². The summed E-state index contributed by atoms with van der Waals surface area (Å²) in [4.78, 5) is 9.77. The summed E-state index contributed by atoms with van der Waals surface area (Å²) in [6, 6.07) is 7.59. The zero-order valence-corrected chi connectivity index (χ0v) is 25.1.